The van der Waals surface area contributed by atoms with Crippen LogP contribution >= 0.6 is 11.6 Å². The quantitative estimate of drug-likeness (QED) is 0.869. The minimum atomic E-state index is 0.738. The largest absolute Gasteiger partial charge is 0.316 e. The zero-order chi connectivity index (χ0) is 13.0. The smallest absolute Gasteiger partial charge is 0.0484 e. The van der Waals surface area contributed by atoms with Crippen LogP contribution in [-0.2, 0) is 6.54 Å². The van der Waals surface area contributed by atoms with Gasteiger partial charge < -0.3 is 5.32 Å². The van der Waals surface area contributed by atoms with Crippen molar-refractivity contribution in [3.63, 3.8) is 0 Å². The lowest BCUT2D eigenvalue weighted by atomic mass is 9.95. The Bertz CT molecular complexity index is 561. The Kier molecular flexibility index (Phi) is 4.19. The summed E-state index contributed by atoms with van der Waals surface area (Å²) in [7, 11) is 1.94. The Morgan fingerprint density at radius 1 is 1.06 bits per heavy atom. The van der Waals surface area contributed by atoms with Gasteiger partial charge in [0, 0.05) is 17.1 Å². The molecular weight excluding hydrogens is 242 g/mol. The zero-order valence-corrected chi connectivity index (χ0v) is 11.2. The molecule has 1 nitrogen and oxygen atoms in total. The summed E-state index contributed by atoms with van der Waals surface area (Å²) in [6, 6.07) is 16.0. The molecule has 0 radical (unpaired) electrons. The van der Waals surface area contributed by atoms with E-state index < -0.39 is 0 Å². The van der Waals surface area contributed by atoms with Gasteiger partial charge in [0.1, 0.15) is 0 Å². The first-order chi connectivity index (χ1) is 8.74. The standard InChI is InChI=1S/C16H16ClN/c1-12(15-9-5-6-10-16(15)17)14-8-4-3-7-13(14)11-18-2/h3-10,18H,1,11H2,2H3. The maximum atomic E-state index is 6.22. The monoisotopic (exact) mass is 257 g/mol. The molecule has 92 valence electrons. The Labute approximate surface area is 113 Å². The van der Waals surface area contributed by atoms with Gasteiger partial charge >= 0.3 is 0 Å². The molecule has 2 rings (SSSR count). The highest BCUT2D eigenvalue weighted by Crippen LogP contribution is 2.29. The second kappa shape index (κ2) is 5.85. The summed E-state index contributed by atoms with van der Waals surface area (Å²) >= 11 is 6.22. The summed E-state index contributed by atoms with van der Waals surface area (Å²) in [4.78, 5) is 0. The average molecular weight is 258 g/mol. The topological polar surface area (TPSA) is 12.0 Å². The van der Waals surface area contributed by atoms with Crippen LogP contribution in [0.3, 0.4) is 0 Å². The maximum Gasteiger partial charge on any atom is 0.0484 e. The first-order valence-electron chi connectivity index (χ1n) is 5.90. The van der Waals surface area contributed by atoms with E-state index in [9.17, 15) is 0 Å². The number of hydrogen-bond donors (Lipinski definition) is 1. The van der Waals surface area contributed by atoms with Crippen molar-refractivity contribution in [1.29, 1.82) is 0 Å². The molecule has 0 heterocycles. The predicted molar refractivity (Wildman–Crippen MR) is 78.8 cm³/mol. The fraction of sp³-hybridized carbons (Fsp3) is 0.125. The zero-order valence-electron chi connectivity index (χ0n) is 10.4. The van der Waals surface area contributed by atoms with Crippen molar-refractivity contribution in [2.45, 2.75) is 6.54 Å². The molecular formula is C16H16ClN. The van der Waals surface area contributed by atoms with Gasteiger partial charge in [0.2, 0.25) is 0 Å². The van der Waals surface area contributed by atoms with Gasteiger partial charge in [0.05, 0.1) is 0 Å². The van der Waals surface area contributed by atoms with Crippen LogP contribution in [0.1, 0.15) is 16.7 Å². The molecule has 0 atom stereocenters. The van der Waals surface area contributed by atoms with E-state index >= 15 is 0 Å². The molecule has 0 saturated heterocycles. The van der Waals surface area contributed by atoms with Crippen LogP contribution in [0.5, 0.6) is 0 Å². The number of rotatable bonds is 4. The number of benzene rings is 2. The molecule has 0 bridgehead atoms. The predicted octanol–water partition coefficient (Wildman–Crippen LogP) is 4.12. The number of halogens is 1. The molecule has 0 unspecified atom stereocenters. The fourth-order valence-corrected chi connectivity index (χ4v) is 2.26. The van der Waals surface area contributed by atoms with Crippen molar-refractivity contribution in [3.8, 4) is 0 Å². The van der Waals surface area contributed by atoms with Crippen LogP contribution in [0, 0.1) is 0 Å². The highest BCUT2D eigenvalue weighted by Gasteiger charge is 2.09. The third-order valence-corrected chi connectivity index (χ3v) is 3.24. The van der Waals surface area contributed by atoms with Gasteiger partial charge in [0.25, 0.3) is 0 Å². The highest BCUT2D eigenvalue weighted by atomic mass is 35.5. The summed E-state index contributed by atoms with van der Waals surface area (Å²) < 4.78 is 0. The minimum absolute atomic E-state index is 0.738. The highest BCUT2D eigenvalue weighted by molar-refractivity contribution is 6.32. The molecule has 2 aromatic carbocycles. The van der Waals surface area contributed by atoms with E-state index in [1.54, 1.807) is 0 Å². The van der Waals surface area contributed by atoms with Crippen LogP contribution < -0.4 is 5.32 Å². The normalized spacial score (nSPS) is 10.3. The van der Waals surface area contributed by atoms with E-state index in [-0.39, 0.29) is 0 Å². The van der Waals surface area contributed by atoms with Crippen molar-refractivity contribution in [2.75, 3.05) is 7.05 Å². The third kappa shape index (κ3) is 2.63. The molecule has 2 heteroatoms. The summed E-state index contributed by atoms with van der Waals surface area (Å²) in [5, 5.41) is 3.91. The van der Waals surface area contributed by atoms with Crippen LogP contribution in [-0.4, -0.2) is 7.05 Å². The molecule has 1 N–H and O–H groups in total. The van der Waals surface area contributed by atoms with Gasteiger partial charge in [-0.2, -0.15) is 0 Å². The Hall–Kier alpha value is -1.57. The molecule has 0 amide bonds. The molecule has 0 fully saturated rings. The summed E-state index contributed by atoms with van der Waals surface area (Å²) in [5.74, 6) is 0. The van der Waals surface area contributed by atoms with Crippen LogP contribution in [0.2, 0.25) is 5.02 Å². The second-order valence-electron chi connectivity index (χ2n) is 4.15. The number of nitrogens with one attached hydrogen (secondary N) is 1. The third-order valence-electron chi connectivity index (χ3n) is 2.91. The molecule has 0 aliphatic rings. The van der Waals surface area contributed by atoms with E-state index in [0.29, 0.717) is 0 Å². The van der Waals surface area contributed by atoms with E-state index in [1.165, 1.54) is 5.56 Å². The van der Waals surface area contributed by atoms with E-state index in [4.69, 9.17) is 11.6 Å². The van der Waals surface area contributed by atoms with Gasteiger partial charge in [-0.1, -0.05) is 60.6 Å². The second-order valence-corrected chi connectivity index (χ2v) is 4.55. The lowest BCUT2D eigenvalue weighted by Crippen LogP contribution is -2.07. The Morgan fingerprint density at radius 3 is 2.33 bits per heavy atom. The Balaban J connectivity index is 2.43. The summed E-state index contributed by atoms with van der Waals surface area (Å²) in [6.45, 7) is 5.01. The Morgan fingerprint density at radius 2 is 1.67 bits per heavy atom. The molecule has 0 aromatic heterocycles. The van der Waals surface area contributed by atoms with Crippen LogP contribution in [0.4, 0.5) is 0 Å². The average Bonchev–Trinajstić information content (AvgIpc) is 2.40. The van der Waals surface area contributed by atoms with E-state index in [1.807, 2.05) is 43.4 Å². The first kappa shape index (κ1) is 12.9. The fourth-order valence-electron chi connectivity index (χ4n) is 2.01. The van der Waals surface area contributed by atoms with Crippen molar-refractivity contribution in [1.82, 2.24) is 5.32 Å². The van der Waals surface area contributed by atoms with Gasteiger partial charge in [-0.05, 0) is 29.8 Å². The summed E-state index contributed by atoms with van der Waals surface area (Å²) in [6.07, 6.45) is 0. The minimum Gasteiger partial charge on any atom is -0.316 e. The lowest BCUT2D eigenvalue weighted by molar-refractivity contribution is 0.816. The molecule has 18 heavy (non-hydrogen) atoms. The van der Waals surface area contributed by atoms with E-state index in [2.05, 4.69) is 24.0 Å². The molecule has 0 aliphatic heterocycles. The van der Waals surface area contributed by atoms with E-state index in [0.717, 1.165) is 28.3 Å². The van der Waals surface area contributed by atoms with Gasteiger partial charge in [0.15, 0.2) is 0 Å². The molecule has 2 aromatic rings. The van der Waals surface area contributed by atoms with Gasteiger partial charge in [-0.15, -0.1) is 0 Å². The lowest BCUT2D eigenvalue weighted by Gasteiger charge is -2.13. The molecule has 0 saturated carbocycles. The summed E-state index contributed by atoms with van der Waals surface area (Å²) in [5.41, 5.74) is 4.32. The van der Waals surface area contributed by atoms with Crippen molar-refractivity contribution in [3.05, 3.63) is 76.8 Å². The van der Waals surface area contributed by atoms with Gasteiger partial charge in [-0.3, -0.25) is 0 Å². The van der Waals surface area contributed by atoms with Crippen LogP contribution in [0.15, 0.2) is 55.1 Å². The molecule has 0 aliphatic carbocycles. The maximum absolute atomic E-state index is 6.22. The number of hydrogen-bond acceptors (Lipinski definition) is 1. The van der Waals surface area contributed by atoms with Gasteiger partial charge in [-0.25, -0.2) is 0 Å². The van der Waals surface area contributed by atoms with Crippen molar-refractivity contribution < 1.29 is 0 Å². The SMILES string of the molecule is C=C(c1ccccc1Cl)c1ccccc1CNC. The van der Waals surface area contributed by atoms with Crippen molar-refractivity contribution in [2.24, 2.45) is 0 Å². The van der Waals surface area contributed by atoms with Crippen LogP contribution in [0.25, 0.3) is 5.57 Å². The molecule has 0 spiro atoms. The first-order valence-corrected chi connectivity index (χ1v) is 6.28. The van der Waals surface area contributed by atoms with Crippen molar-refractivity contribution >= 4 is 17.2 Å².